The summed E-state index contributed by atoms with van der Waals surface area (Å²) in [4.78, 5) is 0. The Hall–Kier alpha value is -1.59. The summed E-state index contributed by atoms with van der Waals surface area (Å²) in [5.41, 5.74) is 7.78. The molecule has 2 aromatic carbocycles. The minimum atomic E-state index is -0.0202. The minimum Gasteiger partial charge on any atom is -0.492 e. The molecule has 2 atom stereocenters. The van der Waals surface area contributed by atoms with E-state index in [1.165, 1.54) is 5.56 Å². The molecular weight excluding hydrogens is 336 g/mol. The first-order valence-corrected chi connectivity index (χ1v) is 8.93. The fourth-order valence-electron chi connectivity index (χ4n) is 2.68. The van der Waals surface area contributed by atoms with Gasteiger partial charge in [0.25, 0.3) is 0 Å². The van der Waals surface area contributed by atoms with Crippen LogP contribution in [0, 0.1) is 0 Å². The second-order valence-electron chi connectivity index (χ2n) is 6.07. The van der Waals surface area contributed by atoms with Crippen molar-refractivity contribution in [3.63, 3.8) is 0 Å². The number of nitrogens with one attached hydrogen (secondary N) is 1. The van der Waals surface area contributed by atoms with Gasteiger partial charge in [-0.05, 0) is 48.7 Å². The predicted molar refractivity (Wildman–Crippen MR) is 103 cm³/mol. The van der Waals surface area contributed by atoms with Gasteiger partial charge in [0.2, 0.25) is 0 Å². The van der Waals surface area contributed by atoms with Crippen molar-refractivity contribution in [3.8, 4) is 5.75 Å². The first-order chi connectivity index (χ1) is 12.1. The van der Waals surface area contributed by atoms with Gasteiger partial charge >= 0.3 is 0 Å². The van der Waals surface area contributed by atoms with E-state index in [0.29, 0.717) is 19.2 Å². The molecule has 0 spiro atoms. The second-order valence-corrected chi connectivity index (χ2v) is 6.51. The lowest BCUT2D eigenvalue weighted by molar-refractivity contribution is 0.0999. The van der Waals surface area contributed by atoms with Crippen LogP contribution in [0.5, 0.6) is 5.75 Å². The van der Waals surface area contributed by atoms with Gasteiger partial charge in [0, 0.05) is 31.3 Å². The molecule has 2 unspecified atom stereocenters. The van der Waals surface area contributed by atoms with Crippen LogP contribution in [0.15, 0.2) is 48.5 Å². The SMILES string of the molecule is COC(CNC(C)Cc1ccc(OCCN)cc1)c1cccc(Cl)c1. The molecule has 0 bridgehead atoms. The van der Waals surface area contributed by atoms with Gasteiger partial charge in [0.1, 0.15) is 12.4 Å². The number of rotatable bonds is 10. The zero-order valence-corrected chi connectivity index (χ0v) is 15.6. The van der Waals surface area contributed by atoms with Crippen molar-refractivity contribution in [1.82, 2.24) is 5.32 Å². The zero-order chi connectivity index (χ0) is 18.1. The Morgan fingerprint density at radius 1 is 1.16 bits per heavy atom. The van der Waals surface area contributed by atoms with Gasteiger partial charge in [-0.1, -0.05) is 35.9 Å². The molecule has 136 valence electrons. The molecule has 5 heteroatoms. The lowest BCUT2D eigenvalue weighted by atomic mass is 10.1. The summed E-state index contributed by atoms with van der Waals surface area (Å²) in [6, 6.07) is 16.3. The van der Waals surface area contributed by atoms with Gasteiger partial charge < -0.3 is 20.5 Å². The van der Waals surface area contributed by atoms with Crippen molar-refractivity contribution in [1.29, 1.82) is 0 Å². The molecule has 0 saturated heterocycles. The van der Waals surface area contributed by atoms with Crippen LogP contribution in [0.1, 0.15) is 24.2 Å². The summed E-state index contributed by atoms with van der Waals surface area (Å²) in [7, 11) is 1.72. The highest BCUT2D eigenvalue weighted by Crippen LogP contribution is 2.20. The average molecular weight is 363 g/mol. The van der Waals surface area contributed by atoms with Crippen molar-refractivity contribution in [3.05, 3.63) is 64.7 Å². The van der Waals surface area contributed by atoms with Gasteiger partial charge in [-0.25, -0.2) is 0 Å². The maximum absolute atomic E-state index is 6.07. The van der Waals surface area contributed by atoms with Crippen LogP contribution in [0.3, 0.4) is 0 Å². The number of benzene rings is 2. The van der Waals surface area contributed by atoms with E-state index in [9.17, 15) is 0 Å². The molecule has 0 aliphatic heterocycles. The molecule has 0 saturated carbocycles. The van der Waals surface area contributed by atoms with Gasteiger partial charge in [-0.3, -0.25) is 0 Å². The van der Waals surface area contributed by atoms with Gasteiger partial charge in [-0.15, -0.1) is 0 Å². The minimum absolute atomic E-state index is 0.0202. The van der Waals surface area contributed by atoms with E-state index in [1.807, 2.05) is 36.4 Å². The fourth-order valence-corrected chi connectivity index (χ4v) is 2.88. The van der Waals surface area contributed by atoms with Crippen LogP contribution in [0.4, 0.5) is 0 Å². The second kappa shape index (κ2) is 10.4. The molecular formula is C20H27ClN2O2. The molecule has 0 amide bonds. The van der Waals surface area contributed by atoms with Crippen LogP contribution in [-0.4, -0.2) is 32.8 Å². The van der Waals surface area contributed by atoms with E-state index in [2.05, 4.69) is 24.4 Å². The Morgan fingerprint density at radius 3 is 2.56 bits per heavy atom. The molecule has 0 heterocycles. The molecule has 2 aromatic rings. The van der Waals surface area contributed by atoms with Crippen molar-refractivity contribution in [2.45, 2.75) is 25.5 Å². The molecule has 0 aromatic heterocycles. The van der Waals surface area contributed by atoms with E-state index in [-0.39, 0.29) is 6.10 Å². The zero-order valence-electron chi connectivity index (χ0n) is 14.9. The van der Waals surface area contributed by atoms with Crippen LogP contribution in [0.25, 0.3) is 0 Å². The molecule has 25 heavy (non-hydrogen) atoms. The van der Waals surface area contributed by atoms with E-state index >= 15 is 0 Å². The number of hydrogen-bond acceptors (Lipinski definition) is 4. The molecule has 3 N–H and O–H groups in total. The molecule has 0 fully saturated rings. The molecule has 0 aliphatic rings. The predicted octanol–water partition coefficient (Wildman–Crippen LogP) is 3.59. The monoisotopic (exact) mass is 362 g/mol. The molecule has 2 rings (SSSR count). The largest absolute Gasteiger partial charge is 0.492 e. The third-order valence-electron chi connectivity index (χ3n) is 4.01. The topological polar surface area (TPSA) is 56.5 Å². The summed E-state index contributed by atoms with van der Waals surface area (Å²) in [5.74, 6) is 0.857. The van der Waals surface area contributed by atoms with Crippen LogP contribution >= 0.6 is 11.6 Å². The van der Waals surface area contributed by atoms with E-state index < -0.39 is 0 Å². The quantitative estimate of drug-likeness (QED) is 0.678. The number of nitrogens with two attached hydrogens (primary N) is 1. The summed E-state index contributed by atoms with van der Waals surface area (Å²) in [6.07, 6.45) is 0.913. The van der Waals surface area contributed by atoms with Gasteiger partial charge in [0.05, 0.1) is 6.10 Å². The molecule has 0 radical (unpaired) electrons. The highest BCUT2D eigenvalue weighted by Gasteiger charge is 2.12. The summed E-state index contributed by atoms with van der Waals surface area (Å²) in [6.45, 7) is 3.97. The Labute approximate surface area is 155 Å². The Balaban J connectivity index is 1.83. The standard InChI is InChI=1S/C20H27ClN2O2/c1-15(12-16-6-8-19(9-7-16)25-11-10-22)23-14-20(24-2)17-4-3-5-18(21)13-17/h3-9,13,15,20,23H,10-12,14,22H2,1-2H3. The van der Waals surface area contributed by atoms with Crippen molar-refractivity contribution in [2.24, 2.45) is 5.73 Å². The number of hydrogen-bond donors (Lipinski definition) is 2. The van der Waals surface area contributed by atoms with Crippen molar-refractivity contribution in [2.75, 3.05) is 26.8 Å². The first kappa shape index (κ1) is 19.7. The summed E-state index contributed by atoms with van der Waals surface area (Å²) < 4.78 is 11.1. The lowest BCUT2D eigenvalue weighted by Gasteiger charge is -2.20. The first-order valence-electron chi connectivity index (χ1n) is 8.56. The summed E-state index contributed by atoms with van der Waals surface area (Å²) >= 11 is 6.07. The average Bonchev–Trinajstić information content (AvgIpc) is 2.62. The lowest BCUT2D eigenvalue weighted by Crippen LogP contribution is -2.32. The van der Waals surface area contributed by atoms with Crippen LogP contribution in [0.2, 0.25) is 5.02 Å². The number of ether oxygens (including phenoxy) is 2. The number of methoxy groups -OCH3 is 1. The molecule has 4 nitrogen and oxygen atoms in total. The molecule has 0 aliphatic carbocycles. The third-order valence-corrected chi connectivity index (χ3v) is 4.24. The smallest absolute Gasteiger partial charge is 0.119 e. The van der Waals surface area contributed by atoms with Crippen molar-refractivity contribution >= 4 is 11.6 Å². The fraction of sp³-hybridized carbons (Fsp3) is 0.400. The summed E-state index contributed by atoms with van der Waals surface area (Å²) in [5, 5.41) is 4.26. The van der Waals surface area contributed by atoms with E-state index in [1.54, 1.807) is 7.11 Å². The number of halogens is 1. The highest BCUT2D eigenvalue weighted by atomic mass is 35.5. The van der Waals surface area contributed by atoms with Crippen LogP contribution in [-0.2, 0) is 11.2 Å². The normalized spacial score (nSPS) is 13.4. The Morgan fingerprint density at radius 2 is 1.92 bits per heavy atom. The third kappa shape index (κ3) is 6.67. The highest BCUT2D eigenvalue weighted by molar-refractivity contribution is 6.30. The van der Waals surface area contributed by atoms with Crippen molar-refractivity contribution < 1.29 is 9.47 Å². The van der Waals surface area contributed by atoms with Gasteiger partial charge in [-0.2, -0.15) is 0 Å². The Bertz CT molecular complexity index is 634. The van der Waals surface area contributed by atoms with Gasteiger partial charge in [0.15, 0.2) is 0 Å². The Kier molecular flexibility index (Phi) is 8.22. The maximum atomic E-state index is 6.07. The van der Waals surface area contributed by atoms with E-state index in [0.717, 1.165) is 29.3 Å². The maximum Gasteiger partial charge on any atom is 0.119 e. The van der Waals surface area contributed by atoms with Crippen LogP contribution < -0.4 is 15.8 Å². The van der Waals surface area contributed by atoms with E-state index in [4.69, 9.17) is 26.8 Å².